The van der Waals surface area contributed by atoms with Gasteiger partial charge in [0.2, 0.25) is 0 Å². The van der Waals surface area contributed by atoms with Crippen molar-refractivity contribution in [2.75, 3.05) is 6.61 Å². The number of hydrogen-bond acceptors (Lipinski definition) is 2. The highest BCUT2D eigenvalue weighted by Gasteiger charge is 2.61. The lowest BCUT2D eigenvalue weighted by molar-refractivity contribution is -0.0735. The standard InChI is InChI=1S/C24H32O2/c1-3-16-4-8-21(9-5-16)26-15(2)25-11-10-17-12-20-14-22(17)24-19-7-6-18(13-19)23(20)24/h3-5,8-9,15,17-20,22-24H,1,6-7,10-14H2,2H3. The summed E-state index contributed by atoms with van der Waals surface area (Å²) in [5.74, 6) is 8.27. The van der Waals surface area contributed by atoms with Gasteiger partial charge in [-0.1, -0.05) is 24.8 Å². The van der Waals surface area contributed by atoms with Gasteiger partial charge in [-0.25, -0.2) is 0 Å². The highest BCUT2D eigenvalue weighted by atomic mass is 16.7. The first kappa shape index (κ1) is 16.9. The molecule has 140 valence electrons. The highest BCUT2D eigenvalue weighted by molar-refractivity contribution is 5.48. The fraction of sp³-hybridized carbons (Fsp3) is 0.667. The molecule has 0 N–H and O–H groups in total. The Labute approximate surface area is 158 Å². The van der Waals surface area contributed by atoms with E-state index in [-0.39, 0.29) is 6.29 Å². The maximum Gasteiger partial charge on any atom is 0.196 e. The van der Waals surface area contributed by atoms with E-state index in [1.54, 1.807) is 12.8 Å². The number of rotatable bonds is 7. The second-order valence-electron chi connectivity index (χ2n) is 9.26. The summed E-state index contributed by atoms with van der Waals surface area (Å²) in [6.45, 7) is 6.63. The molecule has 0 saturated heterocycles. The Morgan fingerprint density at radius 2 is 1.81 bits per heavy atom. The van der Waals surface area contributed by atoms with E-state index in [2.05, 4.69) is 6.58 Å². The van der Waals surface area contributed by atoms with Crippen molar-refractivity contribution in [2.45, 2.75) is 51.7 Å². The second-order valence-corrected chi connectivity index (χ2v) is 9.26. The summed E-state index contributed by atoms with van der Waals surface area (Å²) in [4.78, 5) is 0. The molecule has 0 spiro atoms. The lowest BCUT2D eigenvalue weighted by atomic mass is 9.67. The summed E-state index contributed by atoms with van der Waals surface area (Å²) in [5, 5.41) is 0. The van der Waals surface area contributed by atoms with E-state index in [0.29, 0.717) is 0 Å². The Bertz CT molecular complexity index is 651. The zero-order valence-electron chi connectivity index (χ0n) is 16.0. The molecule has 0 amide bonds. The van der Waals surface area contributed by atoms with E-state index in [1.807, 2.05) is 37.3 Å². The van der Waals surface area contributed by atoms with Gasteiger partial charge in [0.25, 0.3) is 0 Å². The summed E-state index contributed by atoms with van der Waals surface area (Å²) < 4.78 is 11.9. The van der Waals surface area contributed by atoms with Gasteiger partial charge in [-0.2, -0.15) is 0 Å². The Balaban J connectivity index is 1.09. The van der Waals surface area contributed by atoms with Gasteiger partial charge < -0.3 is 9.47 Å². The van der Waals surface area contributed by atoms with Gasteiger partial charge >= 0.3 is 0 Å². The Morgan fingerprint density at radius 1 is 1.04 bits per heavy atom. The molecule has 8 unspecified atom stereocenters. The molecule has 0 aliphatic heterocycles. The van der Waals surface area contributed by atoms with Crippen molar-refractivity contribution in [3.05, 3.63) is 36.4 Å². The normalized spacial score (nSPS) is 40.6. The van der Waals surface area contributed by atoms with E-state index in [1.165, 1.54) is 25.7 Å². The molecule has 4 aliphatic carbocycles. The van der Waals surface area contributed by atoms with Crippen LogP contribution in [0.1, 0.15) is 51.0 Å². The van der Waals surface area contributed by atoms with Crippen LogP contribution in [0.5, 0.6) is 5.75 Å². The second kappa shape index (κ2) is 6.71. The van der Waals surface area contributed by atoms with Crippen LogP contribution in [0.15, 0.2) is 30.8 Å². The molecule has 4 aliphatic rings. The van der Waals surface area contributed by atoms with Crippen LogP contribution >= 0.6 is 0 Å². The number of fused-ring (bicyclic) bond motifs is 9. The zero-order chi connectivity index (χ0) is 17.7. The van der Waals surface area contributed by atoms with Gasteiger partial charge in [-0.15, -0.1) is 0 Å². The smallest absolute Gasteiger partial charge is 0.196 e. The molecule has 2 nitrogen and oxygen atoms in total. The Morgan fingerprint density at radius 3 is 2.58 bits per heavy atom. The van der Waals surface area contributed by atoms with Gasteiger partial charge in [0.1, 0.15) is 5.75 Å². The van der Waals surface area contributed by atoms with Crippen molar-refractivity contribution < 1.29 is 9.47 Å². The summed E-state index contributed by atoms with van der Waals surface area (Å²) in [6, 6.07) is 8.02. The molecular weight excluding hydrogens is 320 g/mol. The number of benzene rings is 1. The van der Waals surface area contributed by atoms with Crippen LogP contribution in [0.3, 0.4) is 0 Å². The minimum Gasteiger partial charge on any atom is -0.465 e. The molecule has 4 bridgehead atoms. The summed E-state index contributed by atoms with van der Waals surface area (Å²) in [6.07, 6.45) is 10.6. The van der Waals surface area contributed by atoms with Crippen LogP contribution in [0.2, 0.25) is 0 Å². The van der Waals surface area contributed by atoms with Crippen LogP contribution in [0.25, 0.3) is 6.08 Å². The first-order valence-electron chi connectivity index (χ1n) is 10.7. The van der Waals surface area contributed by atoms with Crippen LogP contribution in [0.4, 0.5) is 0 Å². The first-order chi connectivity index (χ1) is 12.7. The molecule has 4 fully saturated rings. The quantitative estimate of drug-likeness (QED) is 0.457. The average molecular weight is 353 g/mol. The lowest BCUT2D eigenvalue weighted by Gasteiger charge is -2.38. The van der Waals surface area contributed by atoms with Crippen molar-refractivity contribution in [2.24, 2.45) is 41.4 Å². The molecule has 2 heteroatoms. The minimum absolute atomic E-state index is 0.182. The summed E-state index contributed by atoms with van der Waals surface area (Å²) >= 11 is 0. The van der Waals surface area contributed by atoms with Crippen LogP contribution < -0.4 is 4.74 Å². The maximum atomic E-state index is 6.00. The van der Waals surface area contributed by atoms with Crippen molar-refractivity contribution >= 4 is 6.08 Å². The predicted octanol–water partition coefficient (Wildman–Crippen LogP) is 5.78. The molecule has 1 aromatic rings. The SMILES string of the molecule is C=Cc1ccc(OC(C)OCCC2CC3CC2C2C4CCC(C4)C32)cc1. The third-order valence-corrected chi connectivity index (χ3v) is 8.13. The third-order valence-electron chi connectivity index (χ3n) is 8.13. The van der Waals surface area contributed by atoms with Gasteiger partial charge in [0.05, 0.1) is 6.61 Å². The van der Waals surface area contributed by atoms with E-state index in [9.17, 15) is 0 Å². The molecule has 5 rings (SSSR count). The fourth-order valence-corrected chi connectivity index (χ4v) is 7.33. The van der Waals surface area contributed by atoms with Gasteiger partial charge in [-0.05, 0) is 105 Å². The van der Waals surface area contributed by atoms with Crippen molar-refractivity contribution in [1.29, 1.82) is 0 Å². The summed E-state index contributed by atoms with van der Waals surface area (Å²) in [5.41, 5.74) is 1.11. The molecule has 0 aromatic heterocycles. The van der Waals surface area contributed by atoms with Crippen molar-refractivity contribution in [3.8, 4) is 5.75 Å². The lowest BCUT2D eigenvalue weighted by Crippen LogP contribution is -2.33. The number of ether oxygens (including phenoxy) is 2. The molecule has 0 heterocycles. The highest BCUT2D eigenvalue weighted by Crippen LogP contribution is 2.69. The monoisotopic (exact) mass is 352 g/mol. The van der Waals surface area contributed by atoms with Crippen molar-refractivity contribution in [3.63, 3.8) is 0 Å². The topological polar surface area (TPSA) is 18.5 Å². The van der Waals surface area contributed by atoms with E-state index in [0.717, 1.165) is 59.3 Å². The van der Waals surface area contributed by atoms with Crippen LogP contribution in [0, 0.1) is 41.4 Å². The van der Waals surface area contributed by atoms with Crippen LogP contribution in [-0.4, -0.2) is 12.9 Å². The fourth-order valence-electron chi connectivity index (χ4n) is 7.33. The van der Waals surface area contributed by atoms with Gasteiger partial charge in [-0.3, -0.25) is 0 Å². The number of hydrogen-bond donors (Lipinski definition) is 0. The zero-order valence-corrected chi connectivity index (χ0v) is 16.0. The Hall–Kier alpha value is -1.28. The minimum atomic E-state index is -0.182. The summed E-state index contributed by atoms with van der Waals surface area (Å²) in [7, 11) is 0. The first-order valence-corrected chi connectivity index (χ1v) is 10.7. The molecule has 8 atom stereocenters. The predicted molar refractivity (Wildman–Crippen MR) is 105 cm³/mol. The average Bonchev–Trinajstić information content (AvgIpc) is 3.41. The van der Waals surface area contributed by atoms with Gasteiger partial charge in [0.15, 0.2) is 6.29 Å². The van der Waals surface area contributed by atoms with E-state index in [4.69, 9.17) is 9.47 Å². The van der Waals surface area contributed by atoms with E-state index >= 15 is 0 Å². The molecule has 26 heavy (non-hydrogen) atoms. The van der Waals surface area contributed by atoms with E-state index < -0.39 is 0 Å². The molecule has 0 radical (unpaired) electrons. The van der Waals surface area contributed by atoms with Gasteiger partial charge in [0, 0.05) is 0 Å². The third kappa shape index (κ3) is 2.81. The largest absolute Gasteiger partial charge is 0.465 e. The molecular formula is C24H32O2. The molecule has 4 saturated carbocycles. The maximum absolute atomic E-state index is 6.00. The van der Waals surface area contributed by atoms with Crippen molar-refractivity contribution in [1.82, 2.24) is 0 Å². The Kier molecular flexibility index (Phi) is 4.35. The van der Waals surface area contributed by atoms with Crippen LogP contribution in [-0.2, 0) is 4.74 Å². The molecule has 1 aromatic carbocycles.